The van der Waals surface area contributed by atoms with Gasteiger partial charge < -0.3 is 21.7 Å². The Balaban J connectivity index is 1.59. The van der Waals surface area contributed by atoms with Crippen molar-refractivity contribution in [2.24, 2.45) is 5.73 Å². The van der Waals surface area contributed by atoms with Crippen LogP contribution in [0.15, 0.2) is 48.5 Å². The van der Waals surface area contributed by atoms with E-state index in [9.17, 15) is 19.2 Å². The van der Waals surface area contributed by atoms with Gasteiger partial charge in [-0.1, -0.05) is 48.5 Å². The molecule has 8 nitrogen and oxygen atoms in total. The number of nitrogens with one attached hydrogen (secondary N) is 3. The molecule has 1 aliphatic heterocycles. The molecule has 0 unspecified atom stereocenters. The van der Waals surface area contributed by atoms with E-state index in [0.29, 0.717) is 6.42 Å². The van der Waals surface area contributed by atoms with Crippen LogP contribution in [0.3, 0.4) is 0 Å². The molecule has 8 heteroatoms. The number of hydrogen-bond acceptors (Lipinski definition) is 4. The number of aryl methyl sites for hydroxylation is 2. The van der Waals surface area contributed by atoms with Crippen LogP contribution in [0.25, 0.3) is 0 Å². The second kappa shape index (κ2) is 10.1. The van der Waals surface area contributed by atoms with Crippen molar-refractivity contribution < 1.29 is 19.2 Å². The summed E-state index contributed by atoms with van der Waals surface area (Å²) in [5.74, 6) is -2.00. The minimum absolute atomic E-state index is 0.252. The van der Waals surface area contributed by atoms with Crippen LogP contribution in [-0.4, -0.2) is 41.8 Å². The number of carbonyl (C=O) groups excluding carboxylic acids is 4. The standard InChI is InChI=1S/C24H28N4O4/c1-14-7-6-8-15(2)17(14)12-18(22(25)30)26-21(29)13-20-24(32)27-19(23(31)28-20)11-16-9-4-3-5-10-16/h3-10,18-20H,11-13H2,1-2H3,(H2,25,30)(H,26,29)(H,27,32)(H,28,31)/t18-,19-,20-/m0/s1. The molecule has 1 aliphatic rings. The first-order valence-corrected chi connectivity index (χ1v) is 10.5. The SMILES string of the molecule is Cc1cccc(C)c1C[C@H](NC(=O)C[C@@H]1NC(=O)[C@H](Cc2ccccc2)NC1=O)C(N)=O. The molecule has 0 radical (unpaired) electrons. The fraction of sp³-hybridized carbons (Fsp3) is 0.333. The lowest BCUT2D eigenvalue weighted by atomic mass is 9.96. The van der Waals surface area contributed by atoms with Crippen LogP contribution in [0.4, 0.5) is 0 Å². The molecule has 4 amide bonds. The van der Waals surface area contributed by atoms with Gasteiger partial charge >= 0.3 is 0 Å². The quantitative estimate of drug-likeness (QED) is 0.478. The van der Waals surface area contributed by atoms with Gasteiger partial charge in [0.1, 0.15) is 18.1 Å². The van der Waals surface area contributed by atoms with Crippen LogP contribution in [0.2, 0.25) is 0 Å². The normalized spacial score (nSPS) is 18.9. The number of nitrogens with two attached hydrogens (primary N) is 1. The first kappa shape index (κ1) is 23.0. The monoisotopic (exact) mass is 436 g/mol. The smallest absolute Gasteiger partial charge is 0.243 e. The summed E-state index contributed by atoms with van der Waals surface area (Å²) in [5.41, 5.74) is 9.34. The van der Waals surface area contributed by atoms with Crippen LogP contribution in [0.1, 0.15) is 28.7 Å². The van der Waals surface area contributed by atoms with Crippen LogP contribution in [0, 0.1) is 13.8 Å². The van der Waals surface area contributed by atoms with Gasteiger partial charge in [-0.15, -0.1) is 0 Å². The van der Waals surface area contributed by atoms with E-state index in [-0.39, 0.29) is 18.7 Å². The molecule has 2 aromatic rings. The van der Waals surface area contributed by atoms with Gasteiger partial charge in [0.25, 0.3) is 0 Å². The van der Waals surface area contributed by atoms with Crippen LogP contribution in [-0.2, 0) is 32.0 Å². The Morgan fingerprint density at radius 2 is 1.53 bits per heavy atom. The molecular weight excluding hydrogens is 408 g/mol. The molecule has 0 bridgehead atoms. The lowest BCUT2D eigenvalue weighted by Gasteiger charge is -2.29. The molecule has 5 N–H and O–H groups in total. The maximum atomic E-state index is 12.6. The van der Waals surface area contributed by atoms with Gasteiger partial charge in [0.2, 0.25) is 23.6 Å². The van der Waals surface area contributed by atoms with Crippen molar-refractivity contribution in [3.05, 3.63) is 70.8 Å². The Morgan fingerprint density at radius 1 is 0.938 bits per heavy atom. The van der Waals surface area contributed by atoms with E-state index in [1.54, 1.807) is 0 Å². The molecule has 32 heavy (non-hydrogen) atoms. The van der Waals surface area contributed by atoms with Gasteiger partial charge in [-0.25, -0.2) is 0 Å². The Labute approximate surface area is 186 Å². The number of amides is 4. The number of benzene rings is 2. The maximum Gasteiger partial charge on any atom is 0.243 e. The minimum Gasteiger partial charge on any atom is -0.368 e. The highest BCUT2D eigenvalue weighted by Gasteiger charge is 2.35. The number of rotatable bonds is 8. The second-order valence-corrected chi connectivity index (χ2v) is 8.11. The lowest BCUT2D eigenvalue weighted by Crippen LogP contribution is -2.63. The van der Waals surface area contributed by atoms with Gasteiger partial charge in [0, 0.05) is 12.8 Å². The van der Waals surface area contributed by atoms with Gasteiger partial charge in [0.05, 0.1) is 6.42 Å². The molecular formula is C24H28N4O4. The molecule has 3 atom stereocenters. The summed E-state index contributed by atoms with van der Waals surface area (Å²) in [6.45, 7) is 3.85. The topological polar surface area (TPSA) is 130 Å². The Hall–Kier alpha value is -3.68. The summed E-state index contributed by atoms with van der Waals surface area (Å²) in [5, 5.41) is 7.90. The van der Waals surface area contributed by atoms with Crippen molar-refractivity contribution in [3.63, 3.8) is 0 Å². The zero-order chi connectivity index (χ0) is 23.3. The van der Waals surface area contributed by atoms with Gasteiger partial charge in [-0.2, -0.15) is 0 Å². The fourth-order valence-corrected chi connectivity index (χ4v) is 3.85. The van der Waals surface area contributed by atoms with E-state index in [0.717, 1.165) is 22.3 Å². The number of carbonyl (C=O) groups is 4. The molecule has 3 rings (SSSR count). The van der Waals surface area contributed by atoms with Crippen LogP contribution >= 0.6 is 0 Å². The molecule has 1 fully saturated rings. The molecule has 0 spiro atoms. The van der Waals surface area contributed by atoms with E-state index in [1.165, 1.54) is 0 Å². The van der Waals surface area contributed by atoms with E-state index in [1.807, 2.05) is 62.4 Å². The van der Waals surface area contributed by atoms with E-state index < -0.39 is 35.8 Å². The summed E-state index contributed by atoms with van der Waals surface area (Å²) in [6.07, 6.45) is 0.324. The average Bonchev–Trinajstić information content (AvgIpc) is 2.74. The largest absolute Gasteiger partial charge is 0.368 e. The Bertz CT molecular complexity index is 1000. The fourth-order valence-electron chi connectivity index (χ4n) is 3.85. The Kier molecular flexibility index (Phi) is 7.25. The summed E-state index contributed by atoms with van der Waals surface area (Å²) < 4.78 is 0. The molecule has 1 saturated heterocycles. The van der Waals surface area contributed by atoms with Crippen molar-refractivity contribution in [3.8, 4) is 0 Å². The zero-order valence-corrected chi connectivity index (χ0v) is 18.2. The third-order valence-corrected chi connectivity index (χ3v) is 5.67. The first-order valence-electron chi connectivity index (χ1n) is 10.5. The predicted molar refractivity (Wildman–Crippen MR) is 119 cm³/mol. The maximum absolute atomic E-state index is 12.6. The van der Waals surface area contributed by atoms with Crippen molar-refractivity contribution in [2.45, 2.75) is 51.2 Å². The highest BCUT2D eigenvalue weighted by Crippen LogP contribution is 2.16. The highest BCUT2D eigenvalue weighted by molar-refractivity contribution is 5.99. The number of primary amides is 1. The third-order valence-electron chi connectivity index (χ3n) is 5.67. The van der Waals surface area contributed by atoms with Crippen LogP contribution in [0.5, 0.6) is 0 Å². The molecule has 0 aliphatic carbocycles. The Morgan fingerprint density at radius 3 is 2.16 bits per heavy atom. The van der Waals surface area contributed by atoms with Gasteiger partial charge in [-0.05, 0) is 36.1 Å². The number of piperazine rings is 1. The second-order valence-electron chi connectivity index (χ2n) is 8.11. The van der Waals surface area contributed by atoms with Gasteiger partial charge in [-0.3, -0.25) is 19.2 Å². The van der Waals surface area contributed by atoms with Crippen molar-refractivity contribution in [1.29, 1.82) is 0 Å². The van der Waals surface area contributed by atoms with Crippen molar-refractivity contribution in [2.75, 3.05) is 0 Å². The summed E-state index contributed by atoms with van der Waals surface area (Å²) >= 11 is 0. The minimum atomic E-state index is -1.01. The zero-order valence-electron chi connectivity index (χ0n) is 18.2. The summed E-state index contributed by atoms with van der Waals surface area (Å²) in [4.78, 5) is 49.4. The highest BCUT2D eigenvalue weighted by atomic mass is 16.2. The third kappa shape index (κ3) is 5.72. The molecule has 2 aromatic carbocycles. The molecule has 0 aromatic heterocycles. The molecule has 168 valence electrons. The van der Waals surface area contributed by atoms with Crippen LogP contribution < -0.4 is 21.7 Å². The first-order chi connectivity index (χ1) is 15.2. The summed E-state index contributed by atoms with van der Waals surface area (Å²) in [6, 6.07) is 12.5. The van der Waals surface area contributed by atoms with E-state index in [2.05, 4.69) is 16.0 Å². The lowest BCUT2D eigenvalue weighted by molar-refractivity contribution is -0.138. The van der Waals surface area contributed by atoms with Crippen molar-refractivity contribution >= 4 is 23.6 Å². The van der Waals surface area contributed by atoms with E-state index >= 15 is 0 Å². The number of hydrogen-bond donors (Lipinski definition) is 4. The predicted octanol–water partition coefficient (Wildman–Crippen LogP) is 0.432. The van der Waals surface area contributed by atoms with Crippen molar-refractivity contribution in [1.82, 2.24) is 16.0 Å². The molecule has 1 heterocycles. The van der Waals surface area contributed by atoms with E-state index in [4.69, 9.17) is 5.73 Å². The van der Waals surface area contributed by atoms with Gasteiger partial charge in [0.15, 0.2) is 0 Å². The summed E-state index contributed by atoms with van der Waals surface area (Å²) in [7, 11) is 0. The molecule has 0 saturated carbocycles. The average molecular weight is 437 g/mol.